The lowest BCUT2D eigenvalue weighted by molar-refractivity contribution is -0.122. The predicted molar refractivity (Wildman–Crippen MR) is 130 cm³/mol. The lowest BCUT2D eigenvalue weighted by Crippen LogP contribution is -2.44. The molecule has 1 unspecified atom stereocenters. The van der Waals surface area contributed by atoms with Crippen molar-refractivity contribution < 1.29 is 14.6 Å². The fraction of sp³-hybridized carbons (Fsp3) is 0.500. The zero-order valence-corrected chi connectivity index (χ0v) is 19.3. The summed E-state index contributed by atoms with van der Waals surface area (Å²) in [4.78, 5) is 17.9. The van der Waals surface area contributed by atoms with E-state index in [1.807, 2.05) is 24.3 Å². The Kier molecular flexibility index (Phi) is 6.42. The van der Waals surface area contributed by atoms with Gasteiger partial charge in [0.05, 0.1) is 12.2 Å². The van der Waals surface area contributed by atoms with Crippen molar-refractivity contribution in [3.05, 3.63) is 47.5 Å². The van der Waals surface area contributed by atoms with Crippen molar-refractivity contribution in [2.75, 3.05) is 50.4 Å². The molecule has 1 aliphatic carbocycles. The molecule has 7 heteroatoms. The summed E-state index contributed by atoms with van der Waals surface area (Å²) in [5, 5.41) is 17.2. The minimum absolute atomic E-state index is 0.204. The predicted octanol–water partition coefficient (Wildman–Crippen LogP) is 3.61. The normalized spacial score (nSPS) is 21.8. The first-order chi connectivity index (χ1) is 16.1. The first-order valence-electron chi connectivity index (χ1n) is 12.1. The minimum Gasteiger partial charge on any atom is -0.508 e. The maximum Gasteiger partial charge on any atom is 0.267 e. The van der Waals surface area contributed by atoms with Gasteiger partial charge in [0.1, 0.15) is 11.5 Å². The second-order valence-corrected chi connectivity index (χ2v) is 9.60. The Bertz CT molecular complexity index is 997. The van der Waals surface area contributed by atoms with E-state index in [1.54, 1.807) is 6.07 Å². The molecule has 1 saturated heterocycles. The highest BCUT2D eigenvalue weighted by Gasteiger charge is 2.28. The molecular formula is C26H34N4O3. The second kappa shape index (κ2) is 9.61. The van der Waals surface area contributed by atoms with E-state index < -0.39 is 6.10 Å². The molecule has 0 aromatic heterocycles. The summed E-state index contributed by atoms with van der Waals surface area (Å²) in [5.74, 6) is 1.17. The highest BCUT2D eigenvalue weighted by Crippen LogP contribution is 2.41. The number of amides is 1. The van der Waals surface area contributed by atoms with Gasteiger partial charge in [-0.2, -0.15) is 0 Å². The molecule has 0 spiro atoms. The van der Waals surface area contributed by atoms with Crippen molar-refractivity contribution in [3.63, 3.8) is 0 Å². The molecular weight excluding hydrogens is 416 g/mol. The Labute approximate surface area is 195 Å². The first-order valence-corrected chi connectivity index (χ1v) is 12.1. The Morgan fingerprint density at radius 2 is 1.91 bits per heavy atom. The number of hydrogen-bond donors (Lipinski definition) is 3. The molecule has 3 aliphatic rings. The average molecular weight is 451 g/mol. The van der Waals surface area contributed by atoms with Crippen molar-refractivity contribution in [1.82, 2.24) is 9.80 Å². The van der Waals surface area contributed by atoms with Crippen LogP contribution in [-0.2, 0) is 11.3 Å². The molecule has 2 aromatic rings. The minimum atomic E-state index is -0.631. The van der Waals surface area contributed by atoms with Crippen molar-refractivity contribution in [2.45, 2.75) is 44.2 Å². The zero-order chi connectivity index (χ0) is 22.8. The lowest BCUT2D eigenvalue weighted by atomic mass is 9.93. The number of piperazine rings is 1. The molecule has 33 heavy (non-hydrogen) atoms. The molecule has 1 saturated carbocycles. The van der Waals surface area contributed by atoms with Crippen LogP contribution in [0, 0.1) is 0 Å². The molecule has 1 atom stereocenters. The number of anilines is 2. The third-order valence-electron chi connectivity index (χ3n) is 7.22. The smallest absolute Gasteiger partial charge is 0.267 e. The highest BCUT2D eigenvalue weighted by molar-refractivity contribution is 5.96. The van der Waals surface area contributed by atoms with Gasteiger partial charge >= 0.3 is 0 Å². The zero-order valence-electron chi connectivity index (χ0n) is 19.3. The van der Waals surface area contributed by atoms with Gasteiger partial charge in [0, 0.05) is 44.5 Å². The molecule has 2 aromatic carbocycles. The number of hydrogen-bond acceptors (Lipinski definition) is 6. The number of aromatic hydroxyl groups is 1. The summed E-state index contributed by atoms with van der Waals surface area (Å²) in [6.07, 6.45) is 4.03. The number of para-hydroxylation sites is 2. The standard InChI is InChI=1S/C26H34N4O3/c1-29-10-12-30(13-11-29)17-19-14-20(18-6-2-3-7-18)23(31)15-22(19)28-26(32)25-16-27-21-8-4-5-9-24(21)33-25/h4-5,8-9,14-15,18,25,27,31H,2-3,6-7,10-13,16-17H2,1H3,(H,28,32). The number of carbonyl (C=O) groups is 1. The second-order valence-electron chi connectivity index (χ2n) is 9.60. The van der Waals surface area contributed by atoms with Gasteiger partial charge in [0.25, 0.3) is 5.91 Å². The molecule has 0 bridgehead atoms. The van der Waals surface area contributed by atoms with Gasteiger partial charge in [0.15, 0.2) is 6.10 Å². The van der Waals surface area contributed by atoms with E-state index in [2.05, 4.69) is 33.5 Å². The number of fused-ring (bicyclic) bond motifs is 1. The van der Waals surface area contributed by atoms with Crippen LogP contribution in [0.3, 0.4) is 0 Å². The van der Waals surface area contributed by atoms with E-state index in [-0.39, 0.29) is 11.7 Å². The lowest BCUT2D eigenvalue weighted by Gasteiger charge is -2.33. The van der Waals surface area contributed by atoms with Gasteiger partial charge in [-0.15, -0.1) is 0 Å². The number of phenols is 1. The van der Waals surface area contributed by atoms with E-state index in [9.17, 15) is 9.90 Å². The number of benzene rings is 2. The SMILES string of the molecule is CN1CCN(Cc2cc(C3CCCC3)c(O)cc2NC(=O)C2CNc3ccccc3O2)CC1. The monoisotopic (exact) mass is 450 g/mol. The Morgan fingerprint density at radius 3 is 2.70 bits per heavy atom. The summed E-state index contributed by atoms with van der Waals surface area (Å²) >= 11 is 0. The summed E-state index contributed by atoms with van der Waals surface area (Å²) < 4.78 is 5.95. The van der Waals surface area contributed by atoms with E-state index >= 15 is 0 Å². The largest absolute Gasteiger partial charge is 0.508 e. The number of carbonyl (C=O) groups excluding carboxylic acids is 1. The molecule has 176 valence electrons. The Morgan fingerprint density at radius 1 is 1.15 bits per heavy atom. The van der Waals surface area contributed by atoms with Crippen molar-refractivity contribution >= 4 is 17.3 Å². The van der Waals surface area contributed by atoms with Crippen LogP contribution in [0.1, 0.15) is 42.7 Å². The molecule has 2 heterocycles. The van der Waals surface area contributed by atoms with E-state index in [4.69, 9.17) is 4.74 Å². The number of rotatable bonds is 5. The molecule has 7 nitrogen and oxygen atoms in total. The topological polar surface area (TPSA) is 77.1 Å². The first kappa shape index (κ1) is 22.0. The van der Waals surface area contributed by atoms with Crippen LogP contribution in [0.4, 0.5) is 11.4 Å². The molecule has 3 N–H and O–H groups in total. The molecule has 2 fully saturated rings. The third-order valence-corrected chi connectivity index (χ3v) is 7.22. The van der Waals surface area contributed by atoms with Crippen LogP contribution in [0.2, 0.25) is 0 Å². The van der Waals surface area contributed by atoms with Gasteiger partial charge in [0.2, 0.25) is 0 Å². The average Bonchev–Trinajstić information content (AvgIpc) is 3.36. The molecule has 1 amide bonds. The van der Waals surface area contributed by atoms with Gasteiger partial charge in [-0.3, -0.25) is 9.69 Å². The Balaban J connectivity index is 1.37. The summed E-state index contributed by atoms with van der Waals surface area (Å²) in [5.41, 5.74) is 3.67. The number of ether oxygens (including phenoxy) is 1. The number of phenolic OH excluding ortho intramolecular Hbond substituents is 1. The Hall–Kier alpha value is -2.77. The van der Waals surface area contributed by atoms with Gasteiger partial charge < -0.3 is 25.4 Å². The van der Waals surface area contributed by atoms with Crippen LogP contribution in [0.25, 0.3) is 0 Å². The van der Waals surface area contributed by atoms with Crippen molar-refractivity contribution in [2.24, 2.45) is 0 Å². The van der Waals surface area contributed by atoms with Crippen LogP contribution in [-0.4, -0.2) is 66.7 Å². The third kappa shape index (κ3) is 4.94. The highest BCUT2D eigenvalue weighted by atomic mass is 16.5. The van der Waals surface area contributed by atoms with Crippen molar-refractivity contribution in [1.29, 1.82) is 0 Å². The fourth-order valence-electron chi connectivity index (χ4n) is 5.18. The van der Waals surface area contributed by atoms with Gasteiger partial charge in [-0.1, -0.05) is 25.0 Å². The van der Waals surface area contributed by atoms with E-state index in [0.717, 1.165) is 62.4 Å². The van der Waals surface area contributed by atoms with Crippen molar-refractivity contribution in [3.8, 4) is 11.5 Å². The molecule has 2 aliphatic heterocycles. The molecule has 5 rings (SSSR count). The summed E-state index contributed by atoms with van der Waals surface area (Å²) in [7, 11) is 2.15. The van der Waals surface area contributed by atoms with E-state index in [1.165, 1.54) is 12.8 Å². The molecule has 0 radical (unpaired) electrons. The van der Waals surface area contributed by atoms with E-state index in [0.29, 0.717) is 23.9 Å². The number of nitrogens with one attached hydrogen (secondary N) is 2. The number of likely N-dealkylation sites (N-methyl/N-ethyl adjacent to an activating group) is 1. The van der Waals surface area contributed by atoms with Gasteiger partial charge in [-0.05, 0) is 55.1 Å². The van der Waals surface area contributed by atoms with Crippen LogP contribution >= 0.6 is 0 Å². The summed E-state index contributed by atoms with van der Waals surface area (Å²) in [6.45, 7) is 5.23. The quantitative estimate of drug-likeness (QED) is 0.646. The number of nitrogens with zero attached hydrogens (tertiary/aromatic N) is 2. The van der Waals surface area contributed by atoms with Crippen LogP contribution < -0.4 is 15.4 Å². The maximum atomic E-state index is 13.1. The fourth-order valence-corrected chi connectivity index (χ4v) is 5.18. The van der Waals surface area contributed by atoms with Gasteiger partial charge in [-0.25, -0.2) is 0 Å². The summed E-state index contributed by atoms with van der Waals surface area (Å²) in [6, 6.07) is 11.5. The van der Waals surface area contributed by atoms with Crippen LogP contribution in [0.5, 0.6) is 11.5 Å². The maximum absolute atomic E-state index is 13.1. The van der Waals surface area contributed by atoms with Crippen LogP contribution in [0.15, 0.2) is 36.4 Å².